The third kappa shape index (κ3) is 5.29. The maximum Gasteiger partial charge on any atom is 0.344 e. The van der Waals surface area contributed by atoms with Crippen molar-refractivity contribution in [3.63, 3.8) is 0 Å². The second kappa shape index (κ2) is 9.44. The molecule has 0 radical (unpaired) electrons. The van der Waals surface area contributed by atoms with Gasteiger partial charge in [-0.25, -0.2) is 9.78 Å². The number of ether oxygens (including phenoxy) is 1. The number of halogens is 3. The number of fused-ring (bicyclic) bond motifs is 1. The van der Waals surface area contributed by atoms with Crippen molar-refractivity contribution < 1.29 is 14.6 Å². The van der Waals surface area contributed by atoms with Gasteiger partial charge in [-0.3, -0.25) is 4.79 Å². The summed E-state index contributed by atoms with van der Waals surface area (Å²) in [6, 6.07) is 8.83. The lowest BCUT2D eigenvalue weighted by Gasteiger charge is -2.21. The Labute approximate surface area is 209 Å². The number of rotatable bonds is 5. The van der Waals surface area contributed by atoms with Gasteiger partial charge in [-0.1, -0.05) is 36.7 Å². The van der Waals surface area contributed by atoms with Gasteiger partial charge in [0.15, 0.2) is 6.10 Å². The highest BCUT2D eigenvalue weighted by Crippen LogP contribution is 2.35. The first-order valence-electron chi connectivity index (χ1n) is 9.54. The van der Waals surface area contributed by atoms with Crippen molar-refractivity contribution in [1.82, 2.24) is 9.66 Å². The Bertz CT molecular complexity index is 1270. The van der Waals surface area contributed by atoms with Crippen LogP contribution >= 0.6 is 47.8 Å². The molecule has 1 heterocycles. The Morgan fingerprint density at radius 2 is 1.81 bits per heavy atom. The van der Waals surface area contributed by atoms with Gasteiger partial charge in [0.05, 0.1) is 26.1 Å². The predicted octanol–water partition coefficient (Wildman–Crippen LogP) is 5.72. The van der Waals surface area contributed by atoms with E-state index < -0.39 is 17.5 Å². The molecular formula is C22H20Br3N3O4. The van der Waals surface area contributed by atoms with Crippen molar-refractivity contribution in [2.75, 3.05) is 0 Å². The summed E-state index contributed by atoms with van der Waals surface area (Å²) in [4.78, 5) is 29.0. The summed E-state index contributed by atoms with van der Waals surface area (Å²) < 4.78 is 8.68. The van der Waals surface area contributed by atoms with E-state index in [1.165, 1.54) is 11.6 Å². The van der Waals surface area contributed by atoms with Gasteiger partial charge in [-0.05, 0) is 74.7 Å². The molecule has 0 saturated carbocycles. The first-order valence-corrected chi connectivity index (χ1v) is 11.9. The van der Waals surface area contributed by atoms with Crippen LogP contribution in [0.25, 0.3) is 10.9 Å². The van der Waals surface area contributed by atoms with Crippen molar-refractivity contribution in [2.45, 2.75) is 39.2 Å². The lowest BCUT2D eigenvalue weighted by Crippen LogP contribution is -2.29. The number of benzene rings is 2. The second-order valence-corrected chi connectivity index (χ2v) is 10.7. The Hall–Kier alpha value is -2.04. The highest BCUT2D eigenvalue weighted by molar-refractivity contribution is 9.11. The number of aromatic nitrogens is 2. The lowest BCUT2D eigenvalue weighted by molar-refractivity contribution is -0.144. The van der Waals surface area contributed by atoms with E-state index in [0.717, 1.165) is 4.47 Å². The minimum atomic E-state index is -1.07. The number of nitrogens with zero attached hydrogens (tertiary/aromatic N) is 3. The van der Waals surface area contributed by atoms with Crippen molar-refractivity contribution >= 4 is 70.9 Å². The lowest BCUT2D eigenvalue weighted by atomic mass is 9.95. The van der Waals surface area contributed by atoms with Gasteiger partial charge in [0.25, 0.3) is 5.56 Å². The normalized spacial score (nSPS) is 13.0. The zero-order valence-corrected chi connectivity index (χ0v) is 22.4. The zero-order chi connectivity index (χ0) is 23.8. The number of carbonyl (C=O) groups is 1. The van der Waals surface area contributed by atoms with Gasteiger partial charge in [0.1, 0.15) is 11.6 Å². The molecule has 0 bridgehead atoms. The molecule has 0 unspecified atom stereocenters. The number of aliphatic carboxylic acids is 1. The molecule has 0 saturated heterocycles. The topological polar surface area (TPSA) is 93.8 Å². The molecule has 2 aromatic carbocycles. The van der Waals surface area contributed by atoms with Gasteiger partial charge in [0, 0.05) is 9.89 Å². The molecule has 0 aliphatic heterocycles. The van der Waals surface area contributed by atoms with Crippen LogP contribution in [0.1, 0.15) is 39.1 Å². The molecule has 0 amide bonds. The maximum atomic E-state index is 13.2. The summed E-state index contributed by atoms with van der Waals surface area (Å²) in [6.07, 6.45) is 0.528. The standard InChI is InChI=1S/C22H20Br3N3O4/c1-11(20(30)31)32-18-15(24)7-12(8-16(18)25)10-26-28-19(29)14-9-13(23)5-6-17(14)27-21(28)22(2,3)4/h5-11H,1-4H3,(H,30,31)/t11-/m0/s1. The fraction of sp³-hybridized carbons (Fsp3) is 0.273. The van der Waals surface area contributed by atoms with Gasteiger partial charge in [-0.15, -0.1) is 0 Å². The first kappa shape index (κ1) is 24.6. The molecule has 3 aromatic rings. The summed E-state index contributed by atoms with van der Waals surface area (Å²) in [5.41, 5.74) is 0.573. The molecule has 1 N–H and O–H groups in total. The van der Waals surface area contributed by atoms with Crippen molar-refractivity contribution in [3.8, 4) is 5.75 Å². The van der Waals surface area contributed by atoms with Crippen LogP contribution in [-0.2, 0) is 10.2 Å². The fourth-order valence-corrected chi connectivity index (χ4v) is 4.63. The van der Waals surface area contributed by atoms with Crippen LogP contribution in [0.15, 0.2) is 53.6 Å². The van der Waals surface area contributed by atoms with Crippen LogP contribution in [0.4, 0.5) is 0 Å². The smallest absolute Gasteiger partial charge is 0.344 e. The van der Waals surface area contributed by atoms with Crippen LogP contribution in [0.5, 0.6) is 5.75 Å². The third-order valence-corrected chi connectivity index (χ3v) is 6.14. The number of hydrogen-bond acceptors (Lipinski definition) is 5. The molecule has 168 valence electrons. The van der Waals surface area contributed by atoms with Crippen LogP contribution < -0.4 is 10.3 Å². The highest BCUT2D eigenvalue weighted by Gasteiger charge is 2.23. The van der Waals surface area contributed by atoms with Crippen LogP contribution in [0.2, 0.25) is 0 Å². The Morgan fingerprint density at radius 1 is 1.19 bits per heavy atom. The Balaban J connectivity index is 2.09. The van der Waals surface area contributed by atoms with E-state index >= 15 is 0 Å². The number of hydrogen-bond donors (Lipinski definition) is 1. The zero-order valence-electron chi connectivity index (χ0n) is 17.7. The molecule has 0 aliphatic carbocycles. The SMILES string of the molecule is C[C@H](Oc1c(Br)cc(C=Nn2c(C(C)(C)C)nc3ccc(Br)cc3c2=O)cc1Br)C(=O)O. The molecule has 0 spiro atoms. The highest BCUT2D eigenvalue weighted by atomic mass is 79.9. The number of carboxylic acids is 1. The van der Waals surface area contributed by atoms with Crippen molar-refractivity contribution in [2.24, 2.45) is 5.10 Å². The summed E-state index contributed by atoms with van der Waals surface area (Å²) in [5, 5.41) is 14.0. The second-order valence-electron chi connectivity index (χ2n) is 8.12. The molecule has 1 atom stereocenters. The molecular weight excluding hydrogens is 610 g/mol. The Morgan fingerprint density at radius 3 is 2.38 bits per heavy atom. The average molecular weight is 630 g/mol. The van der Waals surface area contributed by atoms with E-state index in [1.54, 1.807) is 30.5 Å². The van der Waals surface area contributed by atoms with Crippen molar-refractivity contribution in [1.29, 1.82) is 0 Å². The fourth-order valence-electron chi connectivity index (χ4n) is 2.86. The van der Waals surface area contributed by atoms with Gasteiger partial charge in [0.2, 0.25) is 0 Å². The summed E-state index contributed by atoms with van der Waals surface area (Å²) in [7, 11) is 0. The van der Waals surface area contributed by atoms with Crippen molar-refractivity contribution in [3.05, 3.63) is 65.5 Å². The minimum Gasteiger partial charge on any atom is -0.479 e. The van der Waals surface area contributed by atoms with Crippen LogP contribution in [-0.4, -0.2) is 33.1 Å². The molecule has 1 aromatic heterocycles. The van der Waals surface area contributed by atoms with E-state index in [4.69, 9.17) is 14.8 Å². The van der Waals surface area contributed by atoms with E-state index in [1.807, 2.05) is 26.8 Å². The van der Waals surface area contributed by atoms with E-state index in [-0.39, 0.29) is 5.56 Å². The monoisotopic (exact) mass is 627 g/mol. The summed E-state index contributed by atoms with van der Waals surface area (Å²) in [6.45, 7) is 7.35. The largest absolute Gasteiger partial charge is 0.479 e. The summed E-state index contributed by atoms with van der Waals surface area (Å²) >= 11 is 10.2. The van der Waals surface area contributed by atoms with E-state index in [0.29, 0.717) is 37.0 Å². The predicted molar refractivity (Wildman–Crippen MR) is 135 cm³/mol. The molecule has 0 aliphatic rings. The first-order chi connectivity index (χ1) is 14.9. The van der Waals surface area contributed by atoms with Gasteiger partial charge >= 0.3 is 5.97 Å². The Kier molecular flexibility index (Phi) is 7.26. The van der Waals surface area contributed by atoms with Gasteiger partial charge in [-0.2, -0.15) is 9.78 Å². The molecule has 7 nitrogen and oxygen atoms in total. The molecule has 0 fully saturated rings. The molecule has 3 rings (SSSR count). The average Bonchev–Trinajstić information content (AvgIpc) is 2.69. The summed E-state index contributed by atoms with van der Waals surface area (Å²) in [5.74, 6) is -0.178. The quantitative estimate of drug-likeness (QED) is 0.365. The third-order valence-electron chi connectivity index (χ3n) is 4.46. The molecule has 32 heavy (non-hydrogen) atoms. The van der Waals surface area contributed by atoms with E-state index in [9.17, 15) is 9.59 Å². The number of carboxylic acid groups (broad SMARTS) is 1. The molecule has 10 heteroatoms. The minimum absolute atomic E-state index is 0.272. The van der Waals surface area contributed by atoms with Gasteiger partial charge < -0.3 is 9.84 Å². The van der Waals surface area contributed by atoms with Crippen LogP contribution in [0.3, 0.4) is 0 Å². The van der Waals surface area contributed by atoms with Crippen LogP contribution in [0, 0.1) is 0 Å². The van der Waals surface area contributed by atoms with E-state index in [2.05, 4.69) is 52.9 Å². The maximum absolute atomic E-state index is 13.2.